The van der Waals surface area contributed by atoms with Gasteiger partial charge in [0.1, 0.15) is 17.3 Å². The minimum Gasteiger partial charge on any atom is -0.441 e. The number of hydrogen-bond acceptors (Lipinski definition) is 6. The Morgan fingerprint density at radius 2 is 2.21 bits per heavy atom. The number of aryl methyl sites for hydroxylation is 2. The molecule has 0 bridgehead atoms. The topological polar surface area (TPSA) is 99.1 Å². The number of amides is 1. The number of aromatic nitrogens is 5. The van der Waals surface area contributed by atoms with Crippen molar-refractivity contribution in [3.63, 3.8) is 0 Å². The zero-order chi connectivity index (χ0) is 19.3. The molecule has 28 heavy (non-hydrogen) atoms. The van der Waals surface area contributed by atoms with Gasteiger partial charge in [0, 0.05) is 45.4 Å². The third-order valence-corrected chi connectivity index (χ3v) is 5.50. The van der Waals surface area contributed by atoms with Gasteiger partial charge >= 0.3 is 5.69 Å². The molecule has 9 heteroatoms. The second kappa shape index (κ2) is 6.43. The maximum absolute atomic E-state index is 13.1. The van der Waals surface area contributed by atoms with Gasteiger partial charge in [0.05, 0.1) is 18.0 Å². The Bertz CT molecular complexity index is 1100. The van der Waals surface area contributed by atoms with Crippen LogP contribution in [0.15, 0.2) is 33.7 Å². The Morgan fingerprint density at radius 1 is 1.32 bits per heavy atom. The summed E-state index contributed by atoms with van der Waals surface area (Å²) in [6.07, 6.45) is 5.40. The predicted molar refractivity (Wildman–Crippen MR) is 98.1 cm³/mol. The molecular formula is C19H20N6O3. The summed E-state index contributed by atoms with van der Waals surface area (Å²) in [7, 11) is 1.64. The van der Waals surface area contributed by atoms with E-state index in [-0.39, 0.29) is 17.5 Å². The molecule has 9 nitrogen and oxygen atoms in total. The summed E-state index contributed by atoms with van der Waals surface area (Å²) in [5, 5.41) is 4.23. The zero-order valence-electron chi connectivity index (χ0n) is 15.5. The Hall–Kier alpha value is -3.23. The molecule has 3 aromatic heterocycles. The second-order valence-corrected chi connectivity index (χ2v) is 7.31. The van der Waals surface area contributed by atoms with Gasteiger partial charge in [-0.3, -0.25) is 14.3 Å². The van der Waals surface area contributed by atoms with Crippen molar-refractivity contribution in [3.05, 3.63) is 52.3 Å². The summed E-state index contributed by atoms with van der Waals surface area (Å²) < 4.78 is 8.85. The van der Waals surface area contributed by atoms with Crippen LogP contribution in [0.5, 0.6) is 0 Å². The van der Waals surface area contributed by atoms with E-state index in [1.807, 2.05) is 17.0 Å². The highest BCUT2D eigenvalue weighted by Gasteiger charge is 2.33. The van der Waals surface area contributed by atoms with Gasteiger partial charge in [0.15, 0.2) is 0 Å². The van der Waals surface area contributed by atoms with Crippen LogP contribution < -0.4 is 5.69 Å². The van der Waals surface area contributed by atoms with Crippen molar-refractivity contribution in [1.82, 2.24) is 29.2 Å². The average Bonchev–Trinajstić information content (AvgIpc) is 3.28. The van der Waals surface area contributed by atoms with Crippen LogP contribution in [0, 0.1) is 5.92 Å². The molecule has 0 aliphatic carbocycles. The molecule has 144 valence electrons. The number of fused-ring (bicyclic) bond motifs is 2. The molecule has 0 saturated carbocycles. The molecular weight excluding hydrogens is 360 g/mol. The highest BCUT2D eigenvalue weighted by atomic mass is 16.4. The Labute approximate surface area is 160 Å². The third kappa shape index (κ3) is 2.74. The summed E-state index contributed by atoms with van der Waals surface area (Å²) in [5.41, 5.74) is 1.46. The number of nitrogens with zero attached hydrogens (tertiary/aromatic N) is 6. The van der Waals surface area contributed by atoms with E-state index in [0.29, 0.717) is 44.8 Å². The van der Waals surface area contributed by atoms with E-state index < -0.39 is 0 Å². The van der Waals surface area contributed by atoms with Gasteiger partial charge in [-0.1, -0.05) is 0 Å². The minimum absolute atomic E-state index is 0.0676. The second-order valence-electron chi connectivity index (χ2n) is 7.31. The van der Waals surface area contributed by atoms with Crippen molar-refractivity contribution in [2.75, 3.05) is 6.54 Å². The summed E-state index contributed by atoms with van der Waals surface area (Å²) in [6.45, 7) is 1.42. The lowest BCUT2D eigenvalue weighted by molar-refractivity contribution is -0.137. The average molecular weight is 380 g/mol. The molecule has 1 amide bonds. The quantitative estimate of drug-likeness (QED) is 0.651. The first-order chi connectivity index (χ1) is 13.6. The van der Waals surface area contributed by atoms with E-state index in [4.69, 9.17) is 4.42 Å². The van der Waals surface area contributed by atoms with Gasteiger partial charge < -0.3 is 9.32 Å². The van der Waals surface area contributed by atoms with Crippen LogP contribution in [-0.4, -0.2) is 41.7 Å². The Morgan fingerprint density at radius 3 is 3.04 bits per heavy atom. The van der Waals surface area contributed by atoms with Gasteiger partial charge in [0.2, 0.25) is 11.8 Å². The van der Waals surface area contributed by atoms with E-state index in [0.717, 1.165) is 22.8 Å². The van der Waals surface area contributed by atoms with Gasteiger partial charge in [-0.05, 0) is 18.6 Å². The zero-order valence-corrected chi connectivity index (χ0v) is 15.5. The summed E-state index contributed by atoms with van der Waals surface area (Å²) in [4.78, 5) is 35.8. The molecule has 0 spiro atoms. The van der Waals surface area contributed by atoms with Crippen LogP contribution in [0.2, 0.25) is 0 Å². The largest absolute Gasteiger partial charge is 0.441 e. The van der Waals surface area contributed by atoms with Gasteiger partial charge in [0.25, 0.3) is 0 Å². The number of carbonyl (C=O) groups is 1. The fourth-order valence-corrected chi connectivity index (χ4v) is 4.00. The lowest BCUT2D eigenvalue weighted by Gasteiger charge is -2.31. The first kappa shape index (κ1) is 16.9. The summed E-state index contributed by atoms with van der Waals surface area (Å²) >= 11 is 0. The Balaban J connectivity index is 1.34. The molecule has 5 heterocycles. The van der Waals surface area contributed by atoms with Crippen molar-refractivity contribution in [2.45, 2.75) is 32.4 Å². The van der Waals surface area contributed by atoms with E-state index in [9.17, 15) is 9.59 Å². The highest BCUT2D eigenvalue weighted by molar-refractivity contribution is 5.79. The van der Waals surface area contributed by atoms with E-state index in [1.54, 1.807) is 24.0 Å². The molecule has 2 aliphatic rings. The molecule has 0 aromatic carbocycles. The smallest absolute Gasteiger partial charge is 0.345 e. The normalized spacial score (nSPS) is 18.6. The molecule has 5 rings (SSSR count). The number of oxazole rings is 1. The van der Waals surface area contributed by atoms with Crippen molar-refractivity contribution < 1.29 is 9.21 Å². The maximum Gasteiger partial charge on any atom is 0.345 e. The lowest BCUT2D eigenvalue weighted by atomic mass is 9.97. The molecule has 2 aliphatic heterocycles. The van der Waals surface area contributed by atoms with Crippen molar-refractivity contribution in [2.24, 2.45) is 13.0 Å². The van der Waals surface area contributed by atoms with E-state index in [1.165, 1.54) is 4.68 Å². The molecule has 0 fully saturated rings. The molecule has 3 aromatic rings. The van der Waals surface area contributed by atoms with E-state index in [2.05, 4.69) is 15.1 Å². The van der Waals surface area contributed by atoms with Crippen molar-refractivity contribution in [3.8, 4) is 11.5 Å². The fourth-order valence-electron chi connectivity index (χ4n) is 4.00. The van der Waals surface area contributed by atoms with Gasteiger partial charge in [-0.2, -0.15) is 5.10 Å². The molecule has 0 N–H and O–H groups in total. The van der Waals surface area contributed by atoms with Gasteiger partial charge in [-0.15, -0.1) is 0 Å². The standard InChI is InChI=1S/C19H20N6O3/c1-23-19(27)25-10-13(4-5-16(25)22-23)18(26)24-8-6-15-14(11-24)21-17(28-15)12-3-2-7-20-9-12/h2-3,7,9,13H,4-6,8,10-11H2,1H3. The minimum atomic E-state index is -0.208. The summed E-state index contributed by atoms with van der Waals surface area (Å²) in [6, 6.07) is 3.74. The van der Waals surface area contributed by atoms with Crippen LogP contribution in [0.25, 0.3) is 11.5 Å². The summed E-state index contributed by atoms with van der Waals surface area (Å²) in [5.74, 6) is 1.99. The fraction of sp³-hybridized carbons (Fsp3) is 0.421. The van der Waals surface area contributed by atoms with Crippen LogP contribution in [0.3, 0.4) is 0 Å². The first-order valence-electron chi connectivity index (χ1n) is 9.40. The SMILES string of the molecule is Cn1nc2n(c1=O)CC(C(=O)N1CCc3oc(-c4cccnc4)nc3C1)CC2. The van der Waals surface area contributed by atoms with Crippen molar-refractivity contribution >= 4 is 5.91 Å². The van der Waals surface area contributed by atoms with Crippen molar-refractivity contribution in [1.29, 1.82) is 0 Å². The first-order valence-corrected chi connectivity index (χ1v) is 9.40. The molecule has 1 atom stereocenters. The number of hydrogen-bond donors (Lipinski definition) is 0. The number of pyridine rings is 1. The molecule has 0 radical (unpaired) electrons. The third-order valence-electron chi connectivity index (χ3n) is 5.50. The maximum atomic E-state index is 13.1. The van der Waals surface area contributed by atoms with Crippen LogP contribution in [0.1, 0.15) is 23.7 Å². The van der Waals surface area contributed by atoms with Crippen LogP contribution in [0.4, 0.5) is 0 Å². The van der Waals surface area contributed by atoms with Gasteiger partial charge in [-0.25, -0.2) is 14.5 Å². The number of rotatable bonds is 2. The molecule has 1 unspecified atom stereocenters. The molecule has 0 saturated heterocycles. The van der Waals surface area contributed by atoms with Crippen LogP contribution >= 0.6 is 0 Å². The lowest BCUT2D eigenvalue weighted by Crippen LogP contribution is -2.43. The number of carbonyl (C=O) groups excluding carboxylic acids is 1. The van der Waals surface area contributed by atoms with Crippen LogP contribution in [-0.2, 0) is 37.8 Å². The highest BCUT2D eigenvalue weighted by Crippen LogP contribution is 2.27. The van der Waals surface area contributed by atoms with E-state index >= 15 is 0 Å². The monoisotopic (exact) mass is 380 g/mol. The predicted octanol–water partition coefficient (Wildman–Crippen LogP) is 0.779. The Kier molecular flexibility index (Phi) is 3.88.